The molecule has 0 saturated carbocycles. The summed E-state index contributed by atoms with van der Waals surface area (Å²) in [6.07, 6.45) is 1.46. The molecule has 1 saturated heterocycles. The minimum absolute atomic E-state index is 0.00576. The minimum Gasteiger partial charge on any atom is -0.441 e. The molecule has 0 radical (unpaired) electrons. The van der Waals surface area contributed by atoms with Crippen molar-refractivity contribution < 1.29 is 13.9 Å². The number of morpholine rings is 1. The molecule has 6 nitrogen and oxygen atoms in total. The molecule has 3 rings (SSSR count). The number of nitrogens with one attached hydrogen (secondary N) is 1. The highest BCUT2D eigenvalue weighted by Crippen LogP contribution is 2.22. The van der Waals surface area contributed by atoms with E-state index in [0.717, 1.165) is 24.2 Å². The van der Waals surface area contributed by atoms with Gasteiger partial charge in [0.25, 0.3) is 5.91 Å². The van der Waals surface area contributed by atoms with Gasteiger partial charge in [-0.25, -0.2) is 0 Å². The Morgan fingerprint density at radius 1 is 1.23 bits per heavy atom. The fraction of sp³-hybridized carbons (Fsp3) is 0.300. The molecule has 2 aromatic rings. The van der Waals surface area contributed by atoms with Crippen LogP contribution in [0.25, 0.3) is 6.08 Å². The van der Waals surface area contributed by atoms with Crippen LogP contribution in [0.15, 0.2) is 40.3 Å². The Kier molecular flexibility index (Phi) is 5.40. The van der Waals surface area contributed by atoms with Crippen LogP contribution in [0.2, 0.25) is 0 Å². The SMILES string of the molecule is Cc1ccc(C)c(NC(=O)/C(C#N)=C/c2ccc(N3CCOCC3)o2)c1. The molecule has 1 aromatic heterocycles. The van der Waals surface area contributed by atoms with Gasteiger partial charge in [-0.2, -0.15) is 5.26 Å². The van der Waals surface area contributed by atoms with Crippen molar-refractivity contribution in [3.8, 4) is 6.07 Å². The van der Waals surface area contributed by atoms with Gasteiger partial charge in [-0.3, -0.25) is 4.79 Å². The van der Waals surface area contributed by atoms with E-state index in [1.165, 1.54) is 6.08 Å². The lowest BCUT2D eigenvalue weighted by Gasteiger charge is -2.26. The maximum atomic E-state index is 12.4. The van der Waals surface area contributed by atoms with Gasteiger partial charge in [-0.15, -0.1) is 0 Å². The van der Waals surface area contributed by atoms with Gasteiger partial charge in [0.15, 0.2) is 5.88 Å². The number of carbonyl (C=O) groups is 1. The number of nitriles is 1. The largest absolute Gasteiger partial charge is 0.441 e. The zero-order valence-corrected chi connectivity index (χ0v) is 14.9. The Labute approximate surface area is 152 Å². The van der Waals surface area contributed by atoms with Crippen molar-refractivity contribution in [1.29, 1.82) is 5.26 Å². The van der Waals surface area contributed by atoms with E-state index in [1.807, 2.05) is 44.2 Å². The van der Waals surface area contributed by atoms with Gasteiger partial charge in [0.05, 0.1) is 13.2 Å². The maximum Gasteiger partial charge on any atom is 0.266 e. The van der Waals surface area contributed by atoms with Gasteiger partial charge >= 0.3 is 0 Å². The van der Waals surface area contributed by atoms with Gasteiger partial charge in [-0.05, 0) is 37.1 Å². The molecule has 6 heteroatoms. The van der Waals surface area contributed by atoms with Crippen molar-refractivity contribution in [2.24, 2.45) is 0 Å². The van der Waals surface area contributed by atoms with E-state index in [4.69, 9.17) is 9.15 Å². The van der Waals surface area contributed by atoms with Crippen LogP contribution < -0.4 is 10.2 Å². The second-order valence-electron chi connectivity index (χ2n) is 6.22. The first-order valence-electron chi connectivity index (χ1n) is 8.50. The summed E-state index contributed by atoms with van der Waals surface area (Å²) in [6.45, 7) is 6.70. The minimum atomic E-state index is -0.453. The van der Waals surface area contributed by atoms with E-state index >= 15 is 0 Å². The van der Waals surface area contributed by atoms with Crippen LogP contribution in [0.4, 0.5) is 11.6 Å². The van der Waals surface area contributed by atoms with Crippen LogP contribution in [0, 0.1) is 25.2 Å². The van der Waals surface area contributed by atoms with Crippen molar-refractivity contribution in [3.05, 3.63) is 52.8 Å². The highest BCUT2D eigenvalue weighted by Gasteiger charge is 2.16. The lowest BCUT2D eigenvalue weighted by Crippen LogP contribution is -2.35. The number of benzene rings is 1. The fourth-order valence-corrected chi connectivity index (χ4v) is 2.72. The molecular weight excluding hydrogens is 330 g/mol. The number of aryl methyl sites for hydroxylation is 2. The lowest BCUT2D eigenvalue weighted by molar-refractivity contribution is -0.112. The second kappa shape index (κ2) is 7.89. The molecule has 26 heavy (non-hydrogen) atoms. The number of anilines is 2. The van der Waals surface area contributed by atoms with Crippen molar-refractivity contribution in [2.45, 2.75) is 13.8 Å². The molecule has 2 heterocycles. The monoisotopic (exact) mass is 351 g/mol. The number of furan rings is 1. The number of nitrogens with zero attached hydrogens (tertiary/aromatic N) is 2. The second-order valence-corrected chi connectivity index (χ2v) is 6.22. The predicted molar refractivity (Wildman–Crippen MR) is 99.9 cm³/mol. The van der Waals surface area contributed by atoms with Crippen LogP contribution in [0.1, 0.15) is 16.9 Å². The van der Waals surface area contributed by atoms with E-state index in [2.05, 4.69) is 10.2 Å². The Balaban J connectivity index is 1.75. The number of carbonyl (C=O) groups excluding carboxylic acids is 1. The number of amides is 1. The highest BCUT2D eigenvalue weighted by atomic mass is 16.5. The summed E-state index contributed by atoms with van der Waals surface area (Å²) >= 11 is 0. The first kappa shape index (κ1) is 17.8. The van der Waals surface area contributed by atoms with Gasteiger partial charge in [0, 0.05) is 30.9 Å². The lowest BCUT2D eigenvalue weighted by atomic mass is 10.1. The molecule has 0 unspecified atom stereocenters. The van der Waals surface area contributed by atoms with E-state index in [1.54, 1.807) is 6.07 Å². The van der Waals surface area contributed by atoms with E-state index in [0.29, 0.717) is 30.5 Å². The van der Waals surface area contributed by atoms with Gasteiger partial charge in [-0.1, -0.05) is 12.1 Å². The zero-order chi connectivity index (χ0) is 18.5. The average Bonchev–Trinajstić information content (AvgIpc) is 3.12. The van der Waals surface area contributed by atoms with Crippen molar-refractivity contribution >= 4 is 23.6 Å². The van der Waals surface area contributed by atoms with E-state index in [9.17, 15) is 10.1 Å². The molecule has 134 valence electrons. The summed E-state index contributed by atoms with van der Waals surface area (Å²) in [5, 5.41) is 12.2. The Morgan fingerprint density at radius 2 is 2.00 bits per heavy atom. The van der Waals surface area contributed by atoms with Gasteiger partial charge in [0.2, 0.25) is 0 Å². The van der Waals surface area contributed by atoms with Crippen molar-refractivity contribution in [3.63, 3.8) is 0 Å². The molecule has 1 aromatic carbocycles. The summed E-state index contributed by atoms with van der Waals surface area (Å²) in [7, 11) is 0. The molecule has 0 atom stereocenters. The molecular formula is C20H21N3O3. The van der Waals surface area contributed by atoms with E-state index in [-0.39, 0.29) is 5.57 Å². The summed E-state index contributed by atoms with van der Waals surface area (Å²) in [5.41, 5.74) is 2.67. The Hall–Kier alpha value is -3.04. The number of hydrogen-bond acceptors (Lipinski definition) is 5. The molecule has 1 amide bonds. The van der Waals surface area contributed by atoms with Crippen molar-refractivity contribution in [1.82, 2.24) is 0 Å². The Morgan fingerprint density at radius 3 is 2.73 bits per heavy atom. The highest BCUT2D eigenvalue weighted by molar-refractivity contribution is 6.09. The first-order chi connectivity index (χ1) is 12.6. The summed E-state index contributed by atoms with van der Waals surface area (Å²) in [5.74, 6) is 0.733. The first-order valence-corrected chi connectivity index (χ1v) is 8.50. The summed E-state index contributed by atoms with van der Waals surface area (Å²) in [6, 6.07) is 11.3. The molecule has 1 fully saturated rings. The predicted octanol–water partition coefficient (Wildman–Crippen LogP) is 3.28. The standard InChI is InChI=1S/C20H21N3O3/c1-14-3-4-15(2)18(11-14)22-20(24)16(13-21)12-17-5-6-19(26-17)23-7-9-25-10-8-23/h3-6,11-12H,7-10H2,1-2H3,(H,22,24)/b16-12+. The molecule has 1 aliphatic rings. The maximum absolute atomic E-state index is 12.4. The van der Waals surface area contributed by atoms with Crippen LogP contribution >= 0.6 is 0 Å². The Bertz CT molecular complexity index is 871. The quantitative estimate of drug-likeness (QED) is 0.675. The topological polar surface area (TPSA) is 78.5 Å². The molecule has 1 N–H and O–H groups in total. The number of rotatable bonds is 4. The molecule has 1 aliphatic heterocycles. The third kappa shape index (κ3) is 4.13. The molecule has 0 aliphatic carbocycles. The average molecular weight is 351 g/mol. The number of hydrogen-bond donors (Lipinski definition) is 1. The van der Waals surface area contributed by atoms with Crippen molar-refractivity contribution in [2.75, 3.05) is 36.5 Å². The third-order valence-corrected chi connectivity index (χ3v) is 4.23. The van der Waals surface area contributed by atoms with Gasteiger partial charge in [0.1, 0.15) is 17.4 Å². The van der Waals surface area contributed by atoms with Crippen LogP contribution in [-0.4, -0.2) is 32.2 Å². The fourth-order valence-electron chi connectivity index (χ4n) is 2.72. The van der Waals surface area contributed by atoms with E-state index < -0.39 is 5.91 Å². The zero-order valence-electron chi connectivity index (χ0n) is 14.9. The summed E-state index contributed by atoms with van der Waals surface area (Å²) < 4.78 is 11.1. The van der Waals surface area contributed by atoms with Crippen LogP contribution in [-0.2, 0) is 9.53 Å². The molecule has 0 bridgehead atoms. The number of ether oxygens (including phenoxy) is 1. The van der Waals surface area contributed by atoms with Crippen LogP contribution in [0.3, 0.4) is 0 Å². The molecule has 0 spiro atoms. The third-order valence-electron chi connectivity index (χ3n) is 4.23. The van der Waals surface area contributed by atoms with Crippen LogP contribution in [0.5, 0.6) is 0 Å². The van der Waals surface area contributed by atoms with Gasteiger partial charge < -0.3 is 19.4 Å². The smallest absolute Gasteiger partial charge is 0.266 e. The normalized spacial score (nSPS) is 14.8. The summed E-state index contributed by atoms with van der Waals surface area (Å²) in [4.78, 5) is 14.5.